The van der Waals surface area contributed by atoms with Crippen molar-refractivity contribution in [2.75, 3.05) is 0 Å². The Bertz CT molecular complexity index is 359. The zero-order chi connectivity index (χ0) is 10.7. The van der Waals surface area contributed by atoms with Crippen LogP contribution in [0.3, 0.4) is 0 Å². The van der Waals surface area contributed by atoms with Gasteiger partial charge in [-0.25, -0.2) is 0 Å². The van der Waals surface area contributed by atoms with Gasteiger partial charge in [0.15, 0.2) is 0 Å². The van der Waals surface area contributed by atoms with E-state index >= 15 is 0 Å². The molecule has 0 heterocycles. The number of aromatic hydroxyl groups is 1. The molecule has 14 heavy (non-hydrogen) atoms. The molecule has 0 radical (unpaired) electrons. The quantitative estimate of drug-likeness (QED) is 0.766. The summed E-state index contributed by atoms with van der Waals surface area (Å²) in [6, 6.07) is 3.42. The predicted octanol–water partition coefficient (Wildman–Crippen LogP) is 1.62. The number of rotatable bonds is 3. The van der Waals surface area contributed by atoms with E-state index in [1.54, 1.807) is 6.07 Å². The van der Waals surface area contributed by atoms with Crippen LogP contribution in [0, 0.1) is 0 Å². The summed E-state index contributed by atoms with van der Waals surface area (Å²) in [4.78, 5) is 11.0. The molecular weight excluding hydrogens is 178 g/mol. The average Bonchev–Trinajstić information content (AvgIpc) is 2.16. The van der Waals surface area contributed by atoms with E-state index in [-0.39, 0.29) is 11.3 Å². The van der Waals surface area contributed by atoms with Gasteiger partial charge < -0.3 is 10.8 Å². The molecule has 1 amide bonds. The number of hydrogen-bond acceptors (Lipinski definition) is 2. The first-order valence-corrected chi connectivity index (χ1v) is 4.75. The minimum atomic E-state index is -0.583. The number of aryl methyl sites for hydroxylation is 1. The Morgan fingerprint density at radius 2 is 2.00 bits per heavy atom. The molecule has 0 bridgehead atoms. The maximum atomic E-state index is 11.0. The van der Waals surface area contributed by atoms with Gasteiger partial charge >= 0.3 is 0 Å². The van der Waals surface area contributed by atoms with Gasteiger partial charge in [0.25, 0.3) is 5.91 Å². The number of carbonyl (C=O) groups excluding carboxylic acids is 1. The summed E-state index contributed by atoms with van der Waals surface area (Å²) in [5, 5.41) is 9.77. The monoisotopic (exact) mass is 193 g/mol. The van der Waals surface area contributed by atoms with Gasteiger partial charge in [-0.05, 0) is 30.0 Å². The Morgan fingerprint density at radius 1 is 1.36 bits per heavy atom. The Balaban J connectivity index is 3.34. The van der Waals surface area contributed by atoms with Crippen LogP contribution in [0.1, 0.15) is 35.3 Å². The lowest BCUT2D eigenvalue weighted by Crippen LogP contribution is -2.12. The average molecular weight is 193 g/mol. The molecule has 0 fully saturated rings. The van der Waals surface area contributed by atoms with Crippen LogP contribution >= 0.6 is 0 Å². The summed E-state index contributed by atoms with van der Waals surface area (Å²) in [7, 11) is 0. The lowest BCUT2D eigenvalue weighted by Gasteiger charge is -2.10. The molecule has 0 saturated carbocycles. The third kappa shape index (κ3) is 1.71. The number of phenols is 1. The van der Waals surface area contributed by atoms with Crippen LogP contribution in [0.25, 0.3) is 0 Å². The lowest BCUT2D eigenvalue weighted by molar-refractivity contribution is 0.0997. The minimum absolute atomic E-state index is 0.0411. The molecule has 0 aliphatic rings. The highest BCUT2D eigenvalue weighted by atomic mass is 16.3. The fraction of sp³-hybridized carbons (Fsp3) is 0.364. The van der Waals surface area contributed by atoms with Crippen molar-refractivity contribution < 1.29 is 9.90 Å². The SMILES string of the molecule is CCc1ccc(C(N)=O)c(O)c1CC. The first-order valence-electron chi connectivity index (χ1n) is 4.75. The summed E-state index contributed by atoms with van der Waals surface area (Å²) in [5.41, 5.74) is 7.23. The standard InChI is InChI=1S/C11H15NO2/c1-3-7-5-6-9(11(12)14)10(13)8(7)4-2/h5-6,13H,3-4H2,1-2H3,(H2,12,14). The first-order chi connectivity index (χ1) is 6.61. The van der Waals surface area contributed by atoms with Crippen LogP contribution in [-0.4, -0.2) is 11.0 Å². The van der Waals surface area contributed by atoms with Crippen LogP contribution in [0.4, 0.5) is 0 Å². The third-order valence-electron chi connectivity index (χ3n) is 2.38. The van der Waals surface area contributed by atoms with Crippen molar-refractivity contribution in [1.82, 2.24) is 0 Å². The zero-order valence-electron chi connectivity index (χ0n) is 8.50. The highest BCUT2D eigenvalue weighted by Gasteiger charge is 2.13. The summed E-state index contributed by atoms with van der Waals surface area (Å²) >= 11 is 0. The van der Waals surface area contributed by atoms with Gasteiger partial charge in [-0.15, -0.1) is 0 Å². The van der Waals surface area contributed by atoms with E-state index in [0.29, 0.717) is 6.42 Å². The molecule has 1 aromatic carbocycles. The second kappa shape index (κ2) is 4.13. The second-order valence-electron chi connectivity index (χ2n) is 3.17. The van der Waals surface area contributed by atoms with E-state index in [4.69, 9.17) is 5.73 Å². The van der Waals surface area contributed by atoms with E-state index in [1.807, 2.05) is 19.9 Å². The van der Waals surface area contributed by atoms with Crippen molar-refractivity contribution >= 4 is 5.91 Å². The van der Waals surface area contributed by atoms with Crippen LogP contribution in [-0.2, 0) is 12.8 Å². The van der Waals surface area contributed by atoms with Gasteiger partial charge in [0.05, 0.1) is 5.56 Å². The molecule has 3 N–H and O–H groups in total. The van der Waals surface area contributed by atoms with Gasteiger partial charge in [0.1, 0.15) is 5.75 Å². The van der Waals surface area contributed by atoms with Gasteiger partial charge in [0, 0.05) is 0 Å². The van der Waals surface area contributed by atoms with Crippen molar-refractivity contribution in [2.24, 2.45) is 5.73 Å². The highest BCUT2D eigenvalue weighted by Crippen LogP contribution is 2.26. The molecule has 1 aromatic rings. The van der Waals surface area contributed by atoms with Gasteiger partial charge in [0.2, 0.25) is 0 Å². The first kappa shape index (κ1) is 10.6. The third-order valence-corrected chi connectivity index (χ3v) is 2.38. The van der Waals surface area contributed by atoms with Gasteiger partial charge in [-0.1, -0.05) is 19.9 Å². The molecule has 0 atom stereocenters. The Hall–Kier alpha value is -1.51. The lowest BCUT2D eigenvalue weighted by atomic mass is 9.98. The molecule has 0 saturated heterocycles. The number of hydrogen-bond donors (Lipinski definition) is 2. The van der Waals surface area contributed by atoms with Crippen molar-refractivity contribution in [1.29, 1.82) is 0 Å². The predicted molar refractivity (Wildman–Crippen MR) is 55.4 cm³/mol. The molecule has 0 aliphatic carbocycles. The van der Waals surface area contributed by atoms with Crippen molar-refractivity contribution in [3.63, 3.8) is 0 Å². The van der Waals surface area contributed by atoms with E-state index in [0.717, 1.165) is 17.5 Å². The van der Waals surface area contributed by atoms with Crippen molar-refractivity contribution in [2.45, 2.75) is 26.7 Å². The summed E-state index contributed by atoms with van der Waals surface area (Å²) in [6.07, 6.45) is 1.55. The summed E-state index contributed by atoms with van der Waals surface area (Å²) in [6.45, 7) is 3.96. The van der Waals surface area contributed by atoms with Gasteiger partial charge in [-0.3, -0.25) is 4.79 Å². The van der Waals surface area contributed by atoms with Crippen molar-refractivity contribution in [3.05, 3.63) is 28.8 Å². The number of primary amides is 1. The maximum absolute atomic E-state index is 11.0. The number of benzene rings is 1. The molecule has 0 aliphatic heterocycles. The second-order valence-corrected chi connectivity index (χ2v) is 3.17. The fourth-order valence-corrected chi connectivity index (χ4v) is 1.60. The molecular formula is C11H15NO2. The molecule has 1 rings (SSSR count). The highest BCUT2D eigenvalue weighted by molar-refractivity contribution is 5.96. The van der Waals surface area contributed by atoms with Crippen LogP contribution < -0.4 is 5.73 Å². The topological polar surface area (TPSA) is 63.3 Å². The Kier molecular flexibility index (Phi) is 3.12. The summed E-state index contributed by atoms with van der Waals surface area (Å²) < 4.78 is 0. The number of carbonyl (C=O) groups is 1. The fourth-order valence-electron chi connectivity index (χ4n) is 1.60. The number of nitrogens with two attached hydrogens (primary N) is 1. The Morgan fingerprint density at radius 3 is 2.43 bits per heavy atom. The smallest absolute Gasteiger partial charge is 0.252 e. The normalized spacial score (nSPS) is 10.1. The van der Waals surface area contributed by atoms with E-state index in [2.05, 4.69) is 0 Å². The molecule has 3 heteroatoms. The summed E-state index contributed by atoms with van der Waals surface area (Å²) in [5.74, 6) is -0.542. The Labute approximate surface area is 83.6 Å². The molecule has 76 valence electrons. The molecule has 0 aromatic heterocycles. The molecule has 0 spiro atoms. The van der Waals surface area contributed by atoms with Crippen LogP contribution in [0.5, 0.6) is 5.75 Å². The zero-order valence-corrected chi connectivity index (χ0v) is 8.50. The van der Waals surface area contributed by atoms with Crippen LogP contribution in [0.15, 0.2) is 12.1 Å². The van der Waals surface area contributed by atoms with Crippen LogP contribution in [0.2, 0.25) is 0 Å². The largest absolute Gasteiger partial charge is 0.507 e. The van der Waals surface area contributed by atoms with Crippen molar-refractivity contribution in [3.8, 4) is 5.75 Å². The van der Waals surface area contributed by atoms with E-state index in [9.17, 15) is 9.90 Å². The maximum Gasteiger partial charge on any atom is 0.252 e. The molecule has 0 unspecified atom stereocenters. The minimum Gasteiger partial charge on any atom is -0.507 e. The molecule has 3 nitrogen and oxygen atoms in total. The van der Waals surface area contributed by atoms with Gasteiger partial charge in [-0.2, -0.15) is 0 Å². The van der Waals surface area contributed by atoms with E-state index < -0.39 is 5.91 Å². The number of amides is 1. The van der Waals surface area contributed by atoms with E-state index in [1.165, 1.54) is 0 Å².